The molecule has 0 aliphatic rings. The highest BCUT2D eigenvalue weighted by atomic mass is 32.2. The molecule has 0 atom stereocenters. The fraction of sp³-hybridized carbons (Fsp3) is 0.261. The SMILES string of the molecule is CNC(=O)c1ccc(CCN(Cc2ccccc2)c2nc(C(=O)NS(C)(=O)=O)c(C)s2)cc1. The van der Waals surface area contributed by atoms with E-state index in [1.54, 1.807) is 26.1 Å². The van der Waals surface area contributed by atoms with Gasteiger partial charge in [-0.25, -0.2) is 18.1 Å². The number of anilines is 1. The van der Waals surface area contributed by atoms with E-state index in [9.17, 15) is 18.0 Å². The first-order valence-electron chi connectivity index (χ1n) is 10.3. The minimum Gasteiger partial charge on any atom is -0.355 e. The van der Waals surface area contributed by atoms with Gasteiger partial charge in [0, 0.05) is 30.6 Å². The summed E-state index contributed by atoms with van der Waals surface area (Å²) in [4.78, 5) is 31.3. The summed E-state index contributed by atoms with van der Waals surface area (Å²) in [5.41, 5.74) is 2.85. The molecule has 0 spiro atoms. The van der Waals surface area contributed by atoms with Gasteiger partial charge < -0.3 is 10.2 Å². The lowest BCUT2D eigenvalue weighted by Crippen LogP contribution is -2.30. The van der Waals surface area contributed by atoms with Gasteiger partial charge in [-0.15, -0.1) is 11.3 Å². The number of hydrogen-bond acceptors (Lipinski definition) is 7. The molecule has 10 heteroatoms. The first kappa shape index (κ1) is 24.4. The van der Waals surface area contributed by atoms with Crippen molar-refractivity contribution < 1.29 is 18.0 Å². The molecule has 0 bridgehead atoms. The number of carbonyl (C=O) groups is 2. The predicted molar refractivity (Wildman–Crippen MR) is 130 cm³/mol. The lowest BCUT2D eigenvalue weighted by molar-refractivity contribution is 0.0959. The van der Waals surface area contributed by atoms with Gasteiger partial charge in [-0.1, -0.05) is 42.5 Å². The molecule has 33 heavy (non-hydrogen) atoms. The number of benzene rings is 2. The normalized spacial score (nSPS) is 11.1. The number of carbonyl (C=O) groups excluding carboxylic acids is 2. The quantitative estimate of drug-likeness (QED) is 0.482. The Labute approximate surface area is 197 Å². The Bertz CT molecular complexity index is 1220. The number of sulfonamides is 1. The molecule has 3 rings (SSSR count). The fourth-order valence-electron chi connectivity index (χ4n) is 3.22. The highest BCUT2D eigenvalue weighted by Crippen LogP contribution is 2.27. The van der Waals surface area contributed by atoms with E-state index in [4.69, 9.17) is 0 Å². The molecule has 0 aliphatic carbocycles. The predicted octanol–water partition coefficient (Wildman–Crippen LogP) is 2.75. The Morgan fingerprint density at radius 2 is 1.67 bits per heavy atom. The molecule has 2 amide bonds. The molecule has 0 saturated carbocycles. The van der Waals surface area contributed by atoms with E-state index in [1.165, 1.54) is 11.3 Å². The molecule has 1 heterocycles. The maximum atomic E-state index is 12.4. The Morgan fingerprint density at radius 1 is 1.00 bits per heavy atom. The molecular formula is C23H26N4O4S2. The lowest BCUT2D eigenvalue weighted by Gasteiger charge is -2.22. The summed E-state index contributed by atoms with van der Waals surface area (Å²) in [6.45, 7) is 2.95. The third-order valence-corrected chi connectivity index (χ3v) is 6.47. The van der Waals surface area contributed by atoms with E-state index in [0.29, 0.717) is 35.1 Å². The highest BCUT2D eigenvalue weighted by molar-refractivity contribution is 7.89. The molecule has 174 valence electrons. The van der Waals surface area contributed by atoms with Gasteiger partial charge >= 0.3 is 0 Å². The van der Waals surface area contributed by atoms with Crippen molar-refractivity contribution >= 4 is 38.3 Å². The first-order chi connectivity index (χ1) is 15.7. The van der Waals surface area contributed by atoms with Crippen LogP contribution in [-0.4, -0.2) is 45.1 Å². The fourth-order valence-corrected chi connectivity index (χ4v) is 4.59. The van der Waals surface area contributed by atoms with E-state index >= 15 is 0 Å². The molecule has 2 aromatic carbocycles. The van der Waals surface area contributed by atoms with Crippen LogP contribution in [0.4, 0.5) is 5.13 Å². The molecule has 3 aromatic rings. The van der Waals surface area contributed by atoms with Crippen LogP contribution in [0.25, 0.3) is 0 Å². The maximum Gasteiger partial charge on any atom is 0.284 e. The van der Waals surface area contributed by atoms with Crippen molar-refractivity contribution in [1.29, 1.82) is 0 Å². The van der Waals surface area contributed by atoms with Crippen molar-refractivity contribution in [1.82, 2.24) is 15.0 Å². The average molecular weight is 487 g/mol. The van der Waals surface area contributed by atoms with Crippen LogP contribution in [-0.2, 0) is 23.0 Å². The van der Waals surface area contributed by atoms with Crippen LogP contribution in [0.3, 0.4) is 0 Å². The van der Waals surface area contributed by atoms with Gasteiger partial charge in [0.05, 0.1) is 6.26 Å². The Balaban J connectivity index is 1.82. The van der Waals surface area contributed by atoms with Crippen LogP contribution in [0.2, 0.25) is 0 Å². The van der Waals surface area contributed by atoms with Crippen LogP contribution in [0.1, 0.15) is 36.9 Å². The number of hydrogen-bond donors (Lipinski definition) is 2. The van der Waals surface area contributed by atoms with E-state index in [2.05, 4.69) is 15.2 Å². The number of amides is 2. The summed E-state index contributed by atoms with van der Waals surface area (Å²) < 4.78 is 24.9. The summed E-state index contributed by atoms with van der Waals surface area (Å²) in [6.07, 6.45) is 1.63. The van der Waals surface area contributed by atoms with Crippen LogP contribution >= 0.6 is 11.3 Å². The Kier molecular flexibility index (Phi) is 7.83. The summed E-state index contributed by atoms with van der Waals surface area (Å²) in [7, 11) is -2.09. The summed E-state index contributed by atoms with van der Waals surface area (Å²) in [6, 6.07) is 17.3. The molecule has 0 saturated heterocycles. The van der Waals surface area contributed by atoms with Crippen LogP contribution < -0.4 is 14.9 Å². The Morgan fingerprint density at radius 3 is 2.27 bits per heavy atom. The third-order valence-electron chi connectivity index (χ3n) is 4.88. The monoisotopic (exact) mass is 486 g/mol. The average Bonchev–Trinajstić information content (AvgIpc) is 3.17. The van der Waals surface area contributed by atoms with Crippen molar-refractivity contribution in [2.24, 2.45) is 0 Å². The molecule has 0 fully saturated rings. The largest absolute Gasteiger partial charge is 0.355 e. The summed E-state index contributed by atoms with van der Waals surface area (Å²) in [5, 5.41) is 3.24. The van der Waals surface area contributed by atoms with Crippen molar-refractivity contribution in [2.45, 2.75) is 19.9 Å². The van der Waals surface area contributed by atoms with E-state index in [1.807, 2.05) is 47.2 Å². The zero-order valence-corrected chi connectivity index (χ0v) is 20.3. The van der Waals surface area contributed by atoms with E-state index in [0.717, 1.165) is 17.4 Å². The maximum absolute atomic E-state index is 12.4. The van der Waals surface area contributed by atoms with Crippen LogP contribution in [0, 0.1) is 6.92 Å². The molecule has 0 radical (unpaired) electrons. The number of thiazole rings is 1. The van der Waals surface area contributed by atoms with Gasteiger partial charge in [0.25, 0.3) is 11.8 Å². The number of aryl methyl sites for hydroxylation is 1. The molecule has 0 aliphatic heterocycles. The lowest BCUT2D eigenvalue weighted by atomic mass is 10.1. The van der Waals surface area contributed by atoms with Crippen LogP contribution in [0.15, 0.2) is 54.6 Å². The first-order valence-corrected chi connectivity index (χ1v) is 13.0. The van der Waals surface area contributed by atoms with Gasteiger partial charge in [-0.05, 0) is 36.6 Å². The van der Waals surface area contributed by atoms with Gasteiger partial charge in [0.2, 0.25) is 10.0 Å². The zero-order valence-electron chi connectivity index (χ0n) is 18.7. The molecule has 1 aromatic heterocycles. The zero-order chi connectivity index (χ0) is 24.0. The van der Waals surface area contributed by atoms with Crippen molar-refractivity contribution in [2.75, 3.05) is 24.7 Å². The molecule has 0 unspecified atom stereocenters. The minimum atomic E-state index is -3.68. The van der Waals surface area contributed by atoms with Gasteiger partial charge in [0.15, 0.2) is 5.13 Å². The van der Waals surface area contributed by atoms with Crippen molar-refractivity contribution in [3.05, 3.63) is 81.9 Å². The standard InChI is InChI=1S/C23H26N4O4S2/c1-16-20(22(29)26-33(3,30)31)25-23(32-16)27(15-18-7-5-4-6-8-18)14-13-17-9-11-19(12-10-17)21(28)24-2/h4-12H,13-15H2,1-3H3,(H,24,28)(H,26,29). The van der Waals surface area contributed by atoms with E-state index in [-0.39, 0.29) is 11.6 Å². The molecular weight excluding hydrogens is 460 g/mol. The number of nitrogens with zero attached hydrogens (tertiary/aromatic N) is 2. The van der Waals surface area contributed by atoms with Gasteiger partial charge in [0.1, 0.15) is 5.69 Å². The number of nitrogens with one attached hydrogen (secondary N) is 2. The number of rotatable bonds is 9. The summed E-state index contributed by atoms with van der Waals surface area (Å²) >= 11 is 1.35. The molecule has 8 nitrogen and oxygen atoms in total. The second-order valence-electron chi connectivity index (χ2n) is 7.54. The van der Waals surface area contributed by atoms with Crippen molar-refractivity contribution in [3.8, 4) is 0 Å². The number of aromatic nitrogens is 1. The van der Waals surface area contributed by atoms with Gasteiger partial charge in [-0.2, -0.15) is 0 Å². The Hall–Kier alpha value is -3.24. The second-order valence-corrected chi connectivity index (χ2v) is 10.5. The minimum absolute atomic E-state index is 0.105. The summed E-state index contributed by atoms with van der Waals surface area (Å²) in [5.74, 6) is -0.868. The smallest absolute Gasteiger partial charge is 0.284 e. The topological polar surface area (TPSA) is 108 Å². The van der Waals surface area contributed by atoms with Crippen LogP contribution in [0.5, 0.6) is 0 Å². The third kappa shape index (κ3) is 6.87. The second kappa shape index (κ2) is 10.6. The highest BCUT2D eigenvalue weighted by Gasteiger charge is 2.21. The van der Waals surface area contributed by atoms with E-state index < -0.39 is 15.9 Å². The van der Waals surface area contributed by atoms with Gasteiger partial charge in [-0.3, -0.25) is 9.59 Å². The van der Waals surface area contributed by atoms with Crippen molar-refractivity contribution in [3.63, 3.8) is 0 Å². The molecule has 2 N–H and O–H groups in total.